The molecule has 0 amide bonds. The van der Waals surface area contributed by atoms with Crippen LogP contribution in [0.5, 0.6) is 0 Å². The van der Waals surface area contributed by atoms with E-state index in [1.807, 2.05) is 0 Å². The van der Waals surface area contributed by atoms with Gasteiger partial charge in [0.1, 0.15) is 5.78 Å². The molecule has 0 aromatic rings. The number of hydrogen-bond donors (Lipinski definition) is 1. The maximum atomic E-state index is 11.0. The Morgan fingerprint density at radius 2 is 1.92 bits per heavy atom. The van der Waals surface area contributed by atoms with Crippen molar-refractivity contribution in [3.63, 3.8) is 0 Å². The third kappa shape index (κ3) is 4.49. The van der Waals surface area contributed by atoms with Crippen LogP contribution in [-0.4, -0.2) is 35.1 Å². The molecular weight excluding hydrogens is 351 g/mol. The summed E-state index contributed by atoms with van der Waals surface area (Å²) in [5.41, 5.74) is 0. The minimum Gasteiger partial charge on any atom is -0.333 e. The summed E-state index contributed by atoms with van der Waals surface area (Å²) in [6.45, 7) is 4.22. The first-order valence-electron chi connectivity index (χ1n) is 3.31. The molecule has 1 radical (unpaired) electrons. The van der Waals surface area contributed by atoms with Gasteiger partial charge >= 0.3 is 0 Å². The molecule has 0 aromatic carbocycles. The van der Waals surface area contributed by atoms with Crippen LogP contribution in [0.1, 0.15) is 13.8 Å². The fourth-order valence-electron chi connectivity index (χ4n) is 0.584. The summed E-state index contributed by atoms with van der Waals surface area (Å²) >= 11 is 0. The molecule has 0 aliphatic heterocycles. The van der Waals surface area contributed by atoms with E-state index in [0.717, 1.165) is 0 Å². The maximum Gasteiger partial charge on any atom is 0.267 e. The van der Waals surface area contributed by atoms with Crippen LogP contribution in [0, 0.1) is 0 Å². The molecule has 0 aliphatic carbocycles. The predicted octanol–water partition coefficient (Wildman–Crippen LogP) is 0.708. The molecule has 73 valence electrons. The first-order valence-corrected chi connectivity index (χ1v) is 5.36. The van der Waals surface area contributed by atoms with Crippen molar-refractivity contribution in [2.75, 3.05) is 13.7 Å². The minimum absolute atomic E-state index is 0. The van der Waals surface area contributed by atoms with Gasteiger partial charge in [-0.15, -0.1) is 0 Å². The number of likely N-dealkylation sites (N-methyl/N-ethyl adjacent to an activating group) is 1. The Balaban J connectivity index is 0. The average Bonchev–Trinajstić information content (AvgIpc) is 1.82. The van der Waals surface area contributed by atoms with Crippen molar-refractivity contribution in [3.8, 4) is 0 Å². The van der Waals surface area contributed by atoms with Crippen LogP contribution in [0.2, 0.25) is 0 Å². The van der Waals surface area contributed by atoms with E-state index in [9.17, 15) is 9.36 Å². The van der Waals surface area contributed by atoms with Gasteiger partial charge in [-0.1, -0.05) is 0 Å². The zero-order chi connectivity index (χ0) is 9.23. The molecule has 0 saturated carbocycles. The second-order valence-corrected chi connectivity index (χ2v) is 5.00. The van der Waals surface area contributed by atoms with Crippen molar-refractivity contribution < 1.29 is 34.7 Å². The van der Waals surface area contributed by atoms with E-state index in [-0.39, 0.29) is 26.2 Å². The molecule has 0 fully saturated rings. The van der Waals surface area contributed by atoms with Crippen LogP contribution in [-0.2, 0) is 29.8 Å². The van der Waals surface area contributed by atoms with Crippen molar-refractivity contribution in [3.05, 3.63) is 0 Å². The van der Waals surface area contributed by atoms with Gasteiger partial charge in [0.2, 0.25) is 0 Å². The first-order chi connectivity index (χ1) is 4.76. The molecule has 0 aliphatic rings. The summed E-state index contributed by atoms with van der Waals surface area (Å²) in [6, 6.07) is -0.490. The Bertz CT molecular complexity index is 203. The van der Waals surface area contributed by atoms with Gasteiger partial charge in [0, 0.05) is 27.1 Å². The molecule has 0 aromatic heterocycles. The van der Waals surface area contributed by atoms with Crippen LogP contribution >= 0.6 is 7.52 Å². The van der Waals surface area contributed by atoms with E-state index in [0.29, 0.717) is 0 Å². The number of ketones is 1. The fraction of sp³-hybridized carbons (Fsp3) is 0.833. The molecule has 12 heavy (non-hydrogen) atoms. The second kappa shape index (κ2) is 5.26. The number of carbonyl (C=O) groups excluding carboxylic acids is 1. The van der Waals surface area contributed by atoms with Gasteiger partial charge in [0.25, 0.3) is 7.52 Å². The van der Waals surface area contributed by atoms with Gasteiger partial charge in [0.05, 0.1) is 6.04 Å². The second-order valence-electron chi connectivity index (χ2n) is 2.70. The molecular formula is C6H14NO3PRe. The van der Waals surface area contributed by atoms with Crippen molar-refractivity contribution in [2.45, 2.75) is 19.9 Å². The van der Waals surface area contributed by atoms with Crippen LogP contribution in [0.15, 0.2) is 0 Å². The minimum atomic E-state index is -3.25. The van der Waals surface area contributed by atoms with E-state index < -0.39 is 13.6 Å². The topological polar surface area (TPSA) is 57.6 Å². The monoisotopic (exact) mass is 366 g/mol. The fourth-order valence-corrected chi connectivity index (χ4v) is 1.39. The van der Waals surface area contributed by atoms with Gasteiger partial charge in [0.15, 0.2) is 0 Å². The summed E-state index contributed by atoms with van der Waals surface area (Å²) in [6.07, 6.45) is 0. The summed E-state index contributed by atoms with van der Waals surface area (Å²) in [5.74, 6) is -0.108. The standard InChI is InChI=1S/C6H14NO3P.Re/c1-5(6(2)8)7(3)11(4,9)10;/h5H,1-4H3,(H,9,10);. The third-order valence-electron chi connectivity index (χ3n) is 1.73. The molecule has 0 heterocycles. The van der Waals surface area contributed by atoms with Crippen LogP contribution < -0.4 is 0 Å². The zero-order valence-corrected chi connectivity index (χ0v) is 11.2. The number of nitrogens with zero attached hydrogens (tertiary/aromatic N) is 1. The number of carbonyl (C=O) groups is 1. The van der Waals surface area contributed by atoms with Gasteiger partial charge in [-0.05, 0) is 20.9 Å². The third-order valence-corrected chi connectivity index (χ3v) is 3.25. The van der Waals surface area contributed by atoms with E-state index >= 15 is 0 Å². The number of hydrogen-bond acceptors (Lipinski definition) is 2. The quantitative estimate of drug-likeness (QED) is 0.749. The Labute approximate surface area is 86.5 Å². The van der Waals surface area contributed by atoms with Gasteiger partial charge in [-0.2, -0.15) is 0 Å². The van der Waals surface area contributed by atoms with Gasteiger partial charge < -0.3 is 4.89 Å². The van der Waals surface area contributed by atoms with Crippen molar-refractivity contribution >= 4 is 13.3 Å². The first kappa shape index (κ1) is 15.0. The van der Waals surface area contributed by atoms with E-state index in [1.165, 1.54) is 25.3 Å². The molecule has 2 atom stereocenters. The summed E-state index contributed by atoms with van der Waals surface area (Å²) in [5, 5.41) is 0. The van der Waals surface area contributed by atoms with E-state index in [1.54, 1.807) is 6.92 Å². The molecule has 6 heteroatoms. The average molecular weight is 365 g/mol. The Morgan fingerprint density at radius 1 is 1.58 bits per heavy atom. The number of rotatable bonds is 3. The molecule has 0 bridgehead atoms. The molecule has 2 unspecified atom stereocenters. The molecule has 4 nitrogen and oxygen atoms in total. The van der Waals surface area contributed by atoms with Crippen molar-refractivity contribution in [2.24, 2.45) is 0 Å². The molecule has 1 N–H and O–H groups in total. The smallest absolute Gasteiger partial charge is 0.267 e. The molecule has 0 rings (SSSR count). The maximum absolute atomic E-state index is 11.0. The zero-order valence-electron chi connectivity index (χ0n) is 7.61. The number of Topliss-reactive ketones (excluding diaryl/α,β-unsaturated/α-hetero) is 1. The van der Waals surface area contributed by atoms with Crippen molar-refractivity contribution in [1.29, 1.82) is 0 Å². The van der Waals surface area contributed by atoms with Gasteiger partial charge in [-0.3, -0.25) is 9.36 Å². The van der Waals surface area contributed by atoms with E-state index in [4.69, 9.17) is 4.89 Å². The largest absolute Gasteiger partial charge is 0.333 e. The Morgan fingerprint density at radius 3 is 2.00 bits per heavy atom. The van der Waals surface area contributed by atoms with Crippen molar-refractivity contribution in [1.82, 2.24) is 4.67 Å². The summed E-state index contributed by atoms with van der Waals surface area (Å²) in [7, 11) is -1.79. The summed E-state index contributed by atoms with van der Waals surface area (Å²) < 4.78 is 12.2. The normalized spacial score (nSPS) is 17.8. The molecule has 0 spiro atoms. The van der Waals surface area contributed by atoms with E-state index in [2.05, 4.69) is 0 Å². The Hall–Kier alpha value is 0.482. The van der Waals surface area contributed by atoms with Gasteiger partial charge in [-0.25, -0.2) is 4.67 Å². The SMILES string of the molecule is CC(=O)C(C)N(C)P(C)(=O)O.[Re]. The predicted molar refractivity (Wildman–Crippen MR) is 43.7 cm³/mol. The van der Waals surface area contributed by atoms with Crippen LogP contribution in [0.4, 0.5) is 0 Å². The Kier molecular flexibility index (Phi) is 6.57. The molecule has 0 saturated heterocycles. The summed E-state index contributed by atoms with van der Waals surface area (Å²) in [4.78, 5) is 19.8. The van der Waals surface area contributed by atoms with Crippen LogP contribution in [0.3, 0.4) is 0 Å². The van der Waals surface area contributed by atoms with Crippen LogP contribution in [0.25, 0.3) is 0 Å².